The molecule has 0 aliphatic carbocycles. The third-order valence-corrected chi connectivity index (χ3v) is 2.62. The Morgan fingerprint density at radius 1 is 1.62 bits per heavy atom. The van der Waals surface area contributed by atoms with Crippen molar-refractivity contribution < 1.29 is 0 Å². The molecule has 0 saturated heterocycles. The SMILES string of the molecule is Cc1cc(N(C)C(C)CCl)ccn1. The average Bonchev–Trinajstić information content (AvgIpc) is 2.15. The number of hydrogen-bond acceptors (Lipinski definition) is 2. The third kappa shape index (κ3) is 2.59. The molecule has 0 fully saturated rings. The summed E-state index contributed by atoms with van der Waals surface area (Å²) in [5, 5.41) is 0. The van der Waals surface area contributed by atoms with Gasteiger partial charge in [-0.25, -0.2) is 0 Å². The first-order chi connectivity index (χ1) is 6.15. The van der Waals surface area contributed by atoms with Crippen molar-refractivity contribution >= 4 is 17.3 Å². The monoisotopic (exact) mass is 198 g/mol. The molecule has 1 heterocycles. The number of rotatable bonds is 3. The smallest absolute Gasteiger partial charge is 0.0425 e. The highest BCUT2D eigenvalue weighted by Crippen LogP contribution is 2.15. The minimum absolute atomic E-state index is 0.350. The van der Waals surface area contributed by atoms with Crippen LogP contribution in [0, 0.1) is 6.92 Å². The molecule has 2 nitrogen and oxygen atoms in total. The van der Waals surface area contributed by atoms with E-state index >= 15 is 0 Å². The molecule has 0 N–H and O–H groups in total. The largest absolute Gasteiger partial charge is 0.371 e. The molecule has 1 atom stereocenters. The van der Waals surface area contributed by atoms with E-state index < -0.39 is 0 Å². The molecule has 72 valence electrons. The third-order valence-electron chi connectivity index (χ3n) is 2.17. The summed E-state index contributed by atoms with van der Waals surface area (Å²) in [6, 6.07) is 4.41. The summed E-state index contributed by atoms with van der Waals surface area (Å²) in [4.78, 5) is 6.30. The highest BCUT2D eigenvalue weighted by atomic mass is 35.5. The molecule has 1 aromatic rings. The Morgan fingerprint density at radius 3 is 2.85 bits per heavy atom. The summed E-state index contributed by atoms with van der Waals surface area (Å²) < 4.78 is 0. The van der Waals surface area contributed by atoms with Gasteiger partial charge in [-0.3, -0.25) is 4.98 Å². The molecule has 1 rings (SSSR count). The molecule has 0 aromatic carbocycles. The van der Waals surface area contributed by atoms with Crippen molar-refractivity contribution in [2.45, 2.75) is 19.9 Å². The van der Waals surface area contributed by atoms with Gasteiger partial charge in [0.1, 0.15) is 0 Å². The maximum Gasteiger partial charge on any atom is 0.0425 e. The molecule has 0 spiro atoms. The molecule has 0 bridgehead atoms. The van der Waals surface area contributed by atoms with Crippen LogP contribution in [0.3, 0.4) is 0 Å². The molecule has 1 unspecified atom stereocenters. The van der Waals surface area contributed by atoms with Gasteiger partial charge in [0.15, 0.2) is 0 Å². The molecule has 0 amide bonds. The van der Waals surface area contributed by atoms with Crippen molar-refractivity contribution in [2.24, 2.45) is 0 Å². The van der Waals surface area contributed by atoms with Crippen LogP contribution in [0.1, 0.15) is 12.6 Å². The van der Waals surface area contributed by atoms with Crippen LogP contribution >= 0.6 is 11.6 Å². The number of aromatic nitrogens is 1. The standard InChI is InChI=1S/C10H15ClN2/c1-8-6-10(4-5-12-8)13(3)9(2)7-11/h4-6,9H,7H2,1-3H3. The fraction of sp³-hybridized carbons (Fsp3) is 0.500. The van der Waals surface area contributed by atoms with Crippen LogP contribution in [-0.2, 0) is 0 Å². The van der Waals surface area contributed by atoms with Gasteiger partial charge in [0.05, 0.1) is 0 Å². The number of pyridine rings is 1. The molecule has 0 aliphatic heterocycles. The van der Waals surface area contributed by atoms with Crippen LogP contribution in [0.15, 0.2) is 18.3 Å². The van der Waals surface area contributed by atoms with Crippen LogP contribution in [-0.4, -0.2) is 24.0 Å². The lowest BCUT2D eigenvalue weighted by Crippen LogP contribution is -2.30. The van der Waals surface area contributed by atoms with E-state index in [0.717, 1.165) is 5.69 Å². The number of aryl methyl sites for hydroxylation is 1. The van der Waals surface area contributed by atoms with E-state index in [-0.39, 0.29) is 0 Å². The van der Waals surface area contributed by atoms with E-state index in [4.69, 9.17) is 11.6 Å². The topological polar surface area (TPSA) is 16.1 Å². The Labute approximate surface area is 84.5 Å². The second kappa shape index (κ2) is 4.47. The second-order valence-electron chi connectivity index (χ2n) is 3.27. The van der Waals surface area contributed by atoms with Gasteiger partial charge in [0.2, 0.25) is 0 Å². The lowest BCUT2D eigenvalue weighted by molar-refractivity contribution is 0.760. The van der Waals surface area contributed by atoms with Crippen molar-refractivity contribution in [3.63, 3.8) is 0 Å². The molecule has 1 aromatic heterocycles. The van der Waals surface area contributed by atoms with Gasteiger partial charge in [-0.15, -0.1) is 11.6 Å². The average molecular weight is 199 g/mol. The number of alkyl halides is 1. The zero-order chi connectivity index (χ0) is 9.84. The summed E-state index contributed by atoms with van der Waals surface area (Å²) in [6.45, 7) is 4.09. The Kier molecular flexibility index (Phi) is 3.55. The minimum atomic E-state index is 0.350. The zero-order valence-electron chi connectivity index (χ0n) is 8.29. The van der Waals surface area contributed by atoms with E-state index in [9.17, 15) is 0 Å². The Balaban J connectivity index is 2.82. The molecule has 0 saturated carbocycles. The lowest BCUT2D eigenvalue weighted by atomic mass is 10.2. The van der Waals surface area contributed by atoms with Crippen molar-refractivity contribution in [3.8, 4) is 0 Å². The normalized spacial score (nSPS) is 12.6. The number of nitrogens with zero attached hydrogens (tertiary/aromatic N) is 2. The predicted octanol–water partition coefficient (Wildman–Crippen LogP) is 2.45. The van der Waals surface area contributed by atoms with Crippen molar-refractivity contribution in [1.29, 1.82) is 0 Å². The molecule has 0 radical (unpaired) electrons. The van der Waals surface area contributed by atoms with Gasteiger partial charge >= 0.3 is 0 Å². The van der Waals surface area contributed by atoms with Gasteiger partial charge in [-0.1, -0.05) is 0 Å². The number of anilines is 1. The summed E-state index contributed by atoms with van der Waals surface area (Å²) in [6.07, 6.45) is 1.82. The Morgan fingerprint density at radius 2 is 2.31 bits per heavy atom. The molecular formula is C10H15ClN2. The van der Waals surface area contributed by atoms with Gasteiger partial charge < -0.3 is 4.90 Å². The maximum absolute atomic E-state index is 5.78. The van der Waals surface area contributed by atoms with Crippen molar-refractivity contribution in [1.82, 2.24) is 4.98 Å². The molecular weight excluding hydrogens is 184 g/mol. The van der Waals surface area contributed by atoms with Crippen LogP contribution in [0.5, 0.6) is 0 Å². The maximum atomic E-state index is 5.78. The Bertz CT molecular complexity index is 275. The second-order valence-corrected chi connectivity index (χ2v) is 3.58. The first-order valence-corrected chi connectivity index (χ1v) is 4.90. The summed E-state index contributed by atoms with van der Waals surface area (Å²) in [5.74, 6) is 0.637. The van der Waals surface area contributed by atoms with Crippen molar-refractivity contribution in [3.05, 3.63) is 24.0 Å². The summed E-state index contributed by atoms with van der Waals surface area (Å²) in [5.41, 5.74) is 2.20. The van der Waals surface area contributed by atoms with Crippen molar-refractivity contribution in [2.75, 3.05) is 17.8 Å². The molecule has 0 aliphatic rings. The van der Waals surface area contributed by atoms with Crippen LogP contribution in [0.25, 0.3) is 0 Å². The van der Waals surface area contributed by atoms with Crippen LogP contribution in [0.2, 0.25) is 0 Å². The Hall–Kier alpha value is -0.760. The van der Waals surface area contributed by atoms with Crippen LogP contribution < -0.4 is 4.90 Å². The van der Waals surface area contributed by atoms with Crippen LogP contribution in [0.4, 0.5) is 5.69 Å². The van der Waals surface area contributed by atoms with E-state index in [0.29, 0.717) is 11.9 Å². The number of halogens is 1. The minimum Gasteiger partial charge on any atom is -0.371 e. The fourth-order valence-electron chi connectivity index (χ4n) is 1.11. The predicted molar refractivity (Wildman–Crippen MR) is 57.6 cm³/mol. The quantitative estimate of drug-likeness (QED) is 0.694. The van der Waals surface area contributed by atoms with E-state index in [2.05, 4.69) is 22.9 Å². The van der Waals surface area contributed by atoms with E-state index in [1.807, 2.05) is 26.2 Å². The van der Waals surface area contributed by atoms with Gasteiger partial charge in [-0.05, 0) is 26.0 Å². The van der Waals surface area contributed by atoms with E-state index in [1.54, 1.807) is 0 Å². The van der Waals surface area contributed by atoms with Gasteiger partial charge in [0.25, 0.3) is 0 Å². The summed E-state index contributed by atoms with van der Waals surface area (Å²) in [7, 11) is 2.04. The first-order valence-electron chi connectivity index (χ1n) is 4.36. The van der Waals surface area contributed by atoms with Gasteiger partial charge in [0, 0.05) is 36.5 Å². The summed E-state index contributed by atoms with van der Waals surface area (Å²) >= 11 is 5.78. The highest BCUT2D eigenvalue weighted by Gasteiger charge is 2.08. The fourth-order valence-corrected chi connectivity index (χ4v) is 1.31. The molecule has 13 heavy (non-hydrogen) atoms. The highest BCUT2D eigenvalue weighted by molar-refractivity contribution is 6.18. The first kappa shape index (κ1) is 10.3. The van der Waals surface area contributed by atoms with E-state index in [1.165, 1.54) is 5.69 Å². The number of hydrogen-bond donors (Lipinski definition) is 0. The zero-order valence-corrected chi connectivity index (χ0v) is 9.04. The lowest BCUT2D eigenvalue weighted by Gasteiger charge is -2.25. The molecule has 3 heteroatoms. The van der Waals surface area contributed by atoms with Gasteiger partial charge in [-0.2, -0.15) is 0 Å².